The second-order valence-corrected chi connectivity index (χ2v) is 4.06. The Morgan fingerprint density at radius 3 is 2.62 bits per heavy atom. The Morgan fingerprint density at radius 1 is 1.50 bits per heavy atom. The van der Waals surface area contributed by atoms with Crippen LogP contribution in [0.3, 0.4) is 0 Å². The molecule has 1 aromatic heterocycles. The molecule has 16 heavy (non-hydrogen) atoms. The van der Waals surface area contributed by atoms with Crippen LogP contribution in [-0.2, 0) is 11.3 Å². The molecule has 0 fully saturated rings. The van der Waals surface area contributed by atoms with Gasteiger partial charge in [0.1, 0.15) is 11.2 Å². The average Bonchev–Trinajstić information content (AvgIpc) is 2.64. The maximum Gasteiger partial charge on any atom is 0.328 e. The first kappa shape index (κ1) is 12.3. The molecule has 0 unspecified atom stereocenters. The summed E-state index contributed by atoms with van der Waals surface area (Å²) in [4.78, 5) is 22.7. The minimum absolute atomic E-state index is 0.376. The number of aromatic nitrogens is 1. The van der Waals surface area contributed by atoms with E-state index in [1.807, 2.05) is 6.92 Å². The lowest BCUT2D eigenvalue weighted by molar-refractivity contribution is -0.143. The Morgan fingerprint density at radius 2 is 2.12 bits per heavy atom. The summed E-state index contributed by atoms with van der Waals surface area (Å²) in [5.41, 5.74) is -0.795. The zero-order valence-corrected chi connectivity index (χ0v) is 9.65. The van der Waals surface area contributed by atoms with Gasteiger partial charge in [0.2, 0.25) is 0 Å². The Labute approximate surface area is 94.1 Å². The molecule has 0 saturated carbocycles. The number of carboxylic acids is 1. The van der Waals surface area contributed by atoms with Gasteiger partial charge in [0.15, 0.2) is 0 Å². The standard InChI is InChI=1S/C11H16N2O3/c1-4-13-7-5-6-8(13)9(14)12-11(2,3)10(15)16/h5-7H,4H2,1-3H3,(H,12,14)(H,15,16). The molecule has 1 amide bonds. The molecule has 0 atom stereocenters. The maximum atomic E-state index is 11.8. The lowest BCUT2D eigenvalue weighted by Crippen LogP contribution is -2.50. The van der Waals surface area contributed by atoms with Crippen molar-refractivity contribution >= 4 is 11.9 Å². The van der Waals surface area contributed by atoms with Gasteiger partial charge in [0.05, 0.1) is 0 Å². The summed E-state index contributed by atoms with van der Waals surface area (Å²) in [6.07, 6.45) is 1.78. The first-order valence-corrected chi connectivity index (χ1v) is 5.09. The molecule has 1 rings (SSSR count). The van der Waals surface area contributed by atoms with E-state index in [1.54, 1.807) is 22.9 Å². The van der Waals surface area contributed by atoms with E-state index in [0.717, 1.165) is 0 Å². The number of amides is 1. The van der Waals surface area contributed by atoms with Gasteiger partial charge in [-0.15, -0.1) is 0 Å². The van der Waals surface area contributed by atoms with Gasteiger partial charge in [-0.05, 0) is 32.9 Å². The van der Waals surface area contributed by atoms with Gasteiger partial charge in [-0.3, -0.25) is 4.79 Å². The molecular weight excluding hydrogens is 208 g/mol. The quantitative estimate of drug-likeness (QED) is 0.804. The molecule has 5 nitrogen and oxygen atoms in total. The van der Waals surface area contributed by atoms with Crippen molar-refractivity contribution in [2.45, 2.75) is 32.9 Å². The molecule has 0 radical (unpaired) electrons. The number of nitrogens with one attached hydrogen (secondary N) is 1. The van der Waals surface area contributed by atoms with Crippen molar-refractivity contribution in [2.24, 2.45) is 0 Å². The van der Waals surface area contributed by atoms with Crippen LogP contribution in [0.25, 0.3) is 0 Å². The number of carbonyl (C=O) groups is 2. The smallest absolute Gasteiger partial charge is 0.328 e. The highest BCUT2D eigenvalue weighted by Crippen LogP contribution is 2.07. The fourth-order valence-corrected chi connectivity index (χ4v) is 1.30. The molecule has 0 bridgehead atoms. The van der Waals surface area contributed by atoms with Crippen molar-refractivity contribution in [2.75, 3.05) is 0 Å². The topological polar surface area (TPSA) is 71.3 Å². The number of nitrogens with zero attached hydrogens (tertiary/aromatic N) is 1. The van der Waals surface area contributed by atoms with E-state index >= 15 is 0 Å². The fourth-order valence-electron chi connectivity index (χ4n) is 1.30. The van der Waals surface area contributed by atoms with E-state index in [4.69, 9.17) is 5.11 Å². The summed E-state index contributed by atoms with van der Waals surface area (Å²) in [7, 11) is 0. The average molecular weight is 224 g/mol. The summed E-state index contributed by atoms with van der Waals surface area (Å²) in [5, 5.41) is 11.4. The molecule has 0 spiro atoms. The van der Waals surface area contributed by atoms with Crippen LogP contribution in [0.2, 0.25) is 0 Å². The molecule has 1 aromatic rings. The highest BCUT2D eigenvalue weighted by Gasteiger charge is 2.29. The lowest BCUT2D eigenvalue weighted by atomic mass is 10.1. The summed E-state index contributed by atoms with van der Waals surface area (Å²) in [6.45, 7) is 5.49. The molecule has 0 aliphatic rings. The number of carbonyl (C=O) groups excluding carboxylic acids is 1. The van der Waals surface area contributed by atoms with Crippen molar-refractivity contribution < 1.29 is 14.7 Å². The minimum Gasteiger partial charge on any atom is -0.480 e. The number of aryl methyl sites for hydroxylation is 1. The number of carboxylic acid groups (broad SMARTS) is 1. The normalized spacial score (nSPS) is 11.2. The minimum atomic E-state index is -1.26. The molecule has 88 valence electrons. The van der Waals surface area contributed by atoms with Crippen LogP contribution in [-0.4, -0.2) is 27.1 Å². The Bertz CT molecular complexity index is 407. The van der Waals surface area contributed by atoms with Gasteiger partial charge >= 0.3 is 5.97 Å². The molecule has 0 saturated heterocycles. The van der Waals surface area contributed by atoms with Crippen LogP contribution in [0.1, 0.15) is 31.3 Å². The summed E-state index contributed by atoms with van der Waals surface area (Å²) in [6, 6.07) is 3.42. The Kier molecular flexibility index (Phi) is 3.37. The van der Waals surface area contributed by atoms with Crippen molar-refractivity contribution in [3.05, 3.63) is 24.0 Å². The highest BCUT2D eigenvalue weighted by atomic mass is 16.4. The zero-order chi connectivity index (χ0) is 12.3. The lowest BCUT2D eigenvalue weighted by Gasteiger charge is -2.21. The van der Waals surface area contributed by atoms with Crippen molar-refractivity contribution in [1.29, 1.82) is 0 Å². The molecule has 5 heteroatoms. The van der Waals surface area contributed by atoms with Gasteiger partial charge in [-0.1, -0.05) is 0 Å². The maximum absolute atomic E-state index is 11.8. The molecular formula is C11H16N2O3. The molecule has 0 aliphatic carbocycles. The molecule has 0 aromatic carbocycles. The van der Waals surface area contributed by atoms with E-state index in [0.29, 0.717) is 12.2 Å². The monoisotopic (exact) mass is 224 g/mol. The van der Waals surface area contributed by atoms with Gasteiger partial charge < -0.3 is 15.0 Å². The Balaban J connectivity index is 2.85. The zero-order valence-electron chi connectivity index (χ0n) is 9.65. The predicted octanol–water partition coefficient (Wildman–Crippen LogP) is 1.10. The van der Waals surface area contributed by atoms with Crippen LogP contribution in [0.4, 0.5) is 0 Å². The van der Waals surface area contributed by atoms with Crippen LogP contribution in [0.15, 0.2) is 18.3 Å². The predicted molar refractivity (Wildman–Crippen MR) is 59.3 cm³/mol. The van der Waals surface area contributed by atoms with Gasteiger partial charge in [0.25, 0.3) is 5.91 Å². The molecule has 0 aliphatic heterocycles. The van der Waals surface area contributed by atoms with Gasteiger partial charge in [-0.25, -0.2) is 4.79 Å². The second-order valence-electron chi connectivity index (χ2n) is 4.06. The van der Waals surface area contributed by atoms with Crippen LogP contribution in [0.5, 0.6) is 0 Å². The largest absolute Gasteiger partial charge is 0.480 e. The third-order valence-corrected chi connectivity index (χ3v) is 2.36. The SMILES string of the molecule is CCn1cccc1C(=O)NC(C)(C)C(=O)O. The van der Waals surface area contributed by atoms with Crippen molar-refractivity contribution in [1.82, 2.24) is 9.88 Å². The fraction of sp³-hybridized carbons (Fsp3) is 0.455. The second kappa shape index (κ2) is 4.38. The van der Waals surface area contributed by atoms with E-state index in [9.17, 15) is 9.59 Å². The Hall–Kier alpha value is -1.78. The first-order valence-electron chi connectivity index (χ1n) is 5.09. The van der Waals surface area contributed by atoms with E-state index in [1.165, 1.54) is 13.8 Å². The number of aliphatic carboxylic acids is 1. The highest BCUT2D eigenvalue weighted by molar-refractivity contribution is 5.96. The summed E-state index contributed by atoms with van der Waals surface area (Å²) >= 11 is 0. The van der Waals surface area contributed by atoms with Crippen LogP contribution in [0, 0.1) is 0 Å². The third kappa shape index (κ3) is 2.42. The van der Waals surface area contributed by atoms with Crippen molar-refractivity contribution in [3.8, 4) is 0 Å². The summed E-state index contributed by atoms with van der Waals surface area (Å²) < 4.78 is 1.76. The molecule has 2 N–H and O–H groups in total. The third-order valence-electron chi connectivity index (χ3n) is 2.36. The van der Waals surface area contributed by atoms with E-state index in [-0.39, 0.29) is 5.91 Å². The van der Waals surface area contributed by atoms with Crippen LogP contribution < -0.4 is 5.32 Å². The first-order chi connectivity index (χ1) is 7.38. The van der Waals surface area contributed by atoms with Gasteiger partial charge in [-0.2, -0.15) is 0 Å². The van der Waals surface area contributed by atoms with Crippen molar-refractivity contribution in [3.63, 3.8) is 0 Å². The summed E-state index contributed by atoms with van der Waals surface area (Å²) in [5.74, 6) is -1.44. The molecule has 1 heterocycles. The van der Waals surface area contributed by atoms with E-state index in [2.05, 4.69) is 5.32 Å². The van der Waals surface area contributed by atoms with Gasteiger partial charge in [0, 0.05) is 12.7 Å². The number of hydrogen-bond acceptors (Lipinski definition) is 2. The van der Waals surface area contributed by atoms with E-state index < -0.39 is 11.5 Å². The number of hydrogen-bond donors (Lipinski definition) is 2. The number of rotatable bonds is 4. The van der Waals surface area contributed by atoms with Crippen LogP contribution >= 0.6 is 0 Å².